The topological polar surface area (TPSA) is 34.1 Å². The predicted molar refractivity (Wildman–Crippen MR) is 87.5 cm³/mol. The molecule has 0 aromatic heterocycles. The molecular weight excluding hydrogens is 279 g/mol. The van der Waals surface area contributed by atoms with Crippen molar-refractivity contribution in [3.63, 3.8) is 0 Å². The maximum Gasteiger partial charge on any atom is 0.424 e. The largest absolute Gasteiger partial charge is 0.424 e. The molecule has 21 heavy (non-hydrogen) atoms. The molecular formula is C18H20O2P+. The summed E-state index contributed by atoms with van der Waals surface area (Å²) in [5.74, 6) is 0. The molecule has 0 amide bonds. The van der Waals surface area contributed by atoms with Crippen molar-refractivity contribution in [3.05, 3.63) is 69.8 Å². The Balaban J connectivity index is 2.33. The van der Waals surface area contributed by atoms with Crippen LogP contribution >= 0.6 is 7.80 Å². The van der Waals surface area contributed by atoms with Crippen LogP contribution in [-0.2, 0) is 10.7 Å². The fourth-order valence-corrected chi connectivity index (χ4v) is 3.84. The summed E-state index contributed by atoms with van der Waals surface area (Å²) in [4.78, 5) is 12.6. The van der Waals surface area contributed by atoms with Gasteiger partial charge in [0.25, 0.3) is 0 Å². The van der Waals surface area contributed by atoms with Crippen LogP contribution in [0.1, 0.15) is 38.2 Å². The van der Waals surface area contributed by atoms with Crippen LogP contribution in [0.2, 0.25) is 0 Å². The summed E-state index contributed by atoms with van der Waals surface area (Å²) in [6, 6.07) is 11.5. The SMILES string of the molecule is Cc1cc(C)c(C(=O)[P+](=O)Cc2ccccc2)c(C)c1C. The molecule has 0 saturated heterocycles. The summed E-state index contributed by atoms with van der Waals surface area (Å²) < 4.78 is 12.4. The minimum absolute atomic E-state index is 0.230. The number of carbonyl (C=O) groups excluding carboxylic acids is 1. The molecule has 0 fully saturated rings. The number of hydrogen-bond donors (Lipinski definition) is 0. The lowest BCUT2D eigenvalue weighted by Crippen LogP contribution is -2.04. The molecule has 0 aliphatic carbocycles. The van der Waals surface area contributed by atoms with Crippen LogP contribution < -0.4 is 0 Å². The van der Waals surface area contributed by atoms with Gasteiger partial charge in [0.05, 0.1) is 5.56 Å². The summed E-state index contributed by atoms with van der Waals surface area (Å²) in [7, 11) is -1.94. The summed E-state index contributed by atoms with van der Waals surface area (Å²) in [5.41, 5.74) is 5.48. The smallest absolute Gasteiger partial charge is 0.234 e. The Morgan fingerprint density at radius 2 is 1.57 bits per heavy atom. The number of carbonyl (C=O) groups is 1. The van der Waals surface area contributed by atoms with Crippen molar-refractivity contribution in [1.29, 1.82) is 0 Å². The van der Waals surface area contributed by atoms with Crippen molar-refractivity contribution in [2.24, 2.45) is 0 Å². The highest BCUT2D eigenvalue weighted by Gasteiger charge is 2.33. The van der Waals surface area contributed by atoms with Gasteiger partial charge in [0.15, 0.2) is 6.16 Å². The van der Waals surface area contributed by atoms with Crippen molar-refractivity contribution < 1.29 is 9.36 Å². The lowest BCUT2D eigenvalue weighted by atomic mass is 9.95. The first-order chi connectivity index (χ1) is 9.91. The van der Waals surface area contributed by atoms with E-state index in [1.165, 1.54) is 5.56 Å². The van der Waals surface area contributed by atoms with Crippen LogP contribution in [0.3, 0.4) is 0 Å². The fraction of sp³-hybridized carbons (Fsp3) is 0.278. The van der Waals surface area contributed by atoms with Gasteiger partial charge in [-0.2, -0.15) is 0 Å². The van der Waals surface area contributed by atoms with Crippen molar-refractivity contribution in [2.45, 2.75) is 33.9 Å². The van der Waals surface area contributed by atoms with E-state index >= 15 is 0 Å². The summed E-state index contributed by atoms with van der Waals surface area (Å²) in [6.45, 7) is 7.89. The second-order valence-electron chi connectivity index (χ2n) is 5.46. The maximum absolute atomic E-state index is 12.6. The Labute approximate surface area is 127 Å². The van der Waals surface area contributed by atoms with E-state index in [2.05, 4.69) is 0 Å². The van der Waals surface area contributed by atoms with E-state index in [0.29, 0.717) is 11.7 Å². The van der Waals surface area contributed by atoms with Crippen molar-refractivity contribution in [1.82, 2.24) is 0 Å². The molecule has 108 valence electrons. The molecule has 0 N–H and O–H groups in total. The Kier molecular flexibility index (Phi) is 4.69. The van der Waals surface area contributed by atoms with Crippen molar-refractivity contribution >= 4 is 13.3 Å². The molecule has 0 aliphatic rings. The molecule has 0 saturated carbocycles. The monoisotopic (exact) mass is 299 g/mol. The van der Waals surface area contributed by atoms with Crippen LogP contribution in [0, 0.1) is 27.7 Å². The van der Waals surface area contributed by atoms with Crippen molar-refractivity contribution in [2.75, 3.05) is 0 Å². The van der Waals surface area contributed by atoms with Crippen LogP contribution in [0.5, 0.6) is 0 Å². The van der Waals surface area contributed by atoms with E-state index in [1.807, 2.05) is 64.1 Å². The number of benzene rings is 2. The third-order valence-corrected chi connectivity index (χ3v) is 5.29. The third kappa shape index (κ3) is 3.28. The van der Waals surface area contributed by atoms with E-state index in [-0.39, 0.29) is 5.52 Å². The predicted octanol–water partition coefficient (Wildman–Crippen LogP) is 5.09. The minimum Gasteiger partial charge on any atom is -0.234 e. The van der Waals surface area contributed by atoms with E-state index in [0.717, 1.165) is 22.3 Å². The minimum atomic E-state index is -1.94. The third-order valence-electron chi connectivity index (χ3n) is 3.97. The summed E-state index contributed by atoms with van der Waals surface area (Å²) >= 11 is 0. The Bertz CT molecular complexity index is 703. The zero-order valence-corrected chi connectivity index (χ0v) is 13.8. The van der Waals surface area contributed by atoms with Gasteiger partial charge >= 0.3 is 13.3 Å². The molecule has 0 radical (unpaired) electrons. The molecule has 0 heterocycles. The van der Waals surface area contributed by atoms with Gasteiger partial charge in [0.2, 0.25) is 0 Å². The van der Waals surface area contributed by atoms with E-state index in [1.54, 1.807) is 0 Å². The summed E-state index contributed by atoms with van der Waals surface area (Å²) in [5, 5.41) is 0. The Hall–Kier alpha value is -1.79. The standard InChI is InChI=1S/C18H20O2P/c1-12-10-13(2)17(15(4)14(12)3)18(19)21(20)11-16-8-6-5-7-9-16/h5-10H,11H2,1-4H3/q+1. The van der Waals surface area contributed by atoms with Gasteiger partial charge in [0, 0.05) is 5.56 Å². The van der Waals surface area contributed by atoms with Crippen molar-refractivity contribution in [3.8, 4) is 0 Å². The van der Waals surface area contributed by atoms with Gasteiger partial charge < -0.3 is 0 Å². The molecule has 2 aromatic rings. The Morgan fingerprint density at radius 1 is 0.952 bits per heavy atom. The molecule has 1 unspecified atom stereocenters. The second-order valence-corrected chi connectivity index (χ2v) is 6.94. The maximum atomic E-state index is 12.6. The number of aryl methyl sites for hydroxylation is 2. The molecule has 0 spiro atoms. The molecule has 1 atom stereocenters. The second kappa shape index (κ2) is 6.32. The molecule has 0 aliphatic heterocycles. The van der Waals surface area contributed by atoms with Gasteiger partial charge in [-0.1, -0.05) is 41.0 Å². The lowest BCUT2D eigenvalue weighted by molar-refractivity contribution is 0.107. The molecule has 0 bridgehead atoms. The van der Waals surface area contributed by atoms with E-state index < -0.39 is 7.80 Å². The zero-order valence-electron chi connectivity index (χ0n) is 12.9. The van der Waals surface area contributed by atoms with Crippen LogP contribution in [0.25, 0.3) is 0 Å². The number of hydrogen-bond acceptors (Lipinski definition) is 2. The lowest BCUT2D eigenvalue weighted by Gasteiger charge is -2.10. The van der Waals surface area contributed by atoms with E-state index in [9.17, 15) is 9.36 Å². The van der Waals surface area contributed by atoms with Gasteiger partial charge in [-0.05, 0) is 49.9 Å². The first-order valence-corrected chi connectivity index (χ1v) is 8.46. The highest BCUT2D eigenvalue weighted by atomic mass is 31.1. The highest BCUT2D eigenvalue weighted by Crippen LogP contribution is 2.35. The zero-order chi connectivity index (χ0) is 15.6. The van der Waals surface area contributed by atoms with Crippen LogP contribution in [0.4, 0.5) is 0 Å². The fourth-order valence-electron chi connectivity index (χ4n) is 2.56. The van der Waals surface area contributed by atoms with Crippen LogP contribution in [0.15, 0.2) is 36.4 Å². The molecule has 2 nitrogen and oxygen atoms in total. The molecule has 2 rings (SSSR count). The van der Waals surface area contributed by atoms with Gasteiger partial charge in [-0.3, -0.25) is 0 Å². The van der Waals surface area contributed by atoms with E-state index in [4.69, 9.17) is 0 Å². The average molecular weight is 299 g/mol. The highest BCUT2D eigenvalue weighted by molar-refractivity contribution is 7.63. The summed E-state index contributed by atoms with van der Waals surface area (Å²) in [6.07, 6.45) is 0.306. The molecule has 2 aromatic carbocycles. The Morgan fingerprint density at radius 3 is 2.19 bits per heavy atom. The normalized spacial score (nSPS) is 11.3. The number of rotatable bonds is 4. The van der Waals surface area contributed by atoms with Gasteiger partial charge in [-0.15, -0.1) is 0 Å². The van der Waals surface area contributed by atoms with Gasteiger partial charge in [0.1, 0.15) is 0 Å². The first kappa shape index (κ1) is 15.6. The quantitative estimate of drug-likeness (QED) is 0.737. The molecule has 3 heteroatoms. The first-order valence-electron chi connectivity index (χ1n) is 7.02. The average Bonchev–Trinajstić information content (AvgIpc) is 2.45. The van der Waals surface area contributed by atoms with Gasteiger partial charge in [-0.25, -0.2) is 4.79 Å². The van der Waals surface area contributed by atoms with Crippen LogP contribution in [-0.4, -0.2) is 5.52 Å².